The number of hydrogen-bond donors (Lipinski definition) is 1. The van der Waals surface area contributed by atoms with E-state index in [1.165, 1.54) is 17.7 Å². The Balaban J connectivity index is 0.00000300. The number of halogens is 2. The number of piperidine rings is 1. The lowest BCUT2D eigenvalue weighted by atomic mass is 9.96. The summed E-state index contributed by atoms with van der Waals surface area (Å²) in [6.45, 7) is 8.84. The summed E-state index contributed by atoms with van der Waals surface area (Å²) >= 11 is 0. The van der Waals surface area contributed by atoms with Crippen molar-refractivity contribution in [2.75, 3.05) is 32.8 Å². The largest absolute Gasteiger partial charge is 0.493 e. The van der Waals surface area contributed by atoms with Crippen molar-refractivity contribution in [1.29, 1.82) is 0 Å². The summed E-state index contributed by atoms with van der Waals surface area (Å²) in [5, 5.41) is 0. The van der Waals surface area contributed by atoms with E-state index in [-0.39, 0.29) is 18.2 Å². The Labute approximate surface area is 179 Å². The average molecular weight is 423 g/mol. The zero-order valence-electron chi connectivity index (χ0n) is 17.3. The molecule has 0 bridgehead atoms. The van der Waals surface area contributed by atoms with E-state index in [4.69, 9.17) is 15.2 Å². The Morgan fingerprint density at radius 2 is 1.55 bits per heavy atom. The van der Waals surface area contributed by atoms with Crippen LogP contribution in [0.1, 0.15) is 32.3 Å². The lowest BCUT2D eigenvalue weighted by molar-refractivity contribution is 0.180. The van der Waals surface area contributed by atoms with Gasteiger partial charge in [0.25, 0.3) is 0 Å². The standard InChI is InChI=1S/C23H31FN2O2.ClH/c1-3-27-21-13-18(16-26-11-9-17(15-25)10-12-26)14-22(28-4-2)23(21)19-5-7-20(24)8-6-19;/h5-8,13-14,17H,3-4,9-12,15-16,25H2,1-2H3;1H. The lowest BCUT2D eigenvalue weighted by Crippen LogP contribution is -2.35. The fourth-order valence-electron chi connectivity index (χ4n) is 3.81. The van der Waals surface area contributed by atoms with Gasteiger partial charge in [0.05, 0.1) is 18.8 Å². The molecule has 4 nitrogen and oxygen atoms in total. The van der Waals surface area contributed by atoms with Crippen molar-refractivity contribution in [3.05, 3.63) is 47.8 Å². The van der Waals surface area contributed by atoms with Gasteiger partial charge in [-0.3, -0.25) is 4.90 Å². The zero-order valence-corrected chi connectivity index (χ0v) is 18.1. The van der Waals surface area contributed by atoms with Crippen LogP contribution in [0, 0.1) is 11.7 Å². The van der Waals surface area contributed by atoms with Gasteiger partial charge in [-0.05, 0) is 87.6 Å². The van der Waals surface area contributed by atoms with Gasteiger partial charge in [-0.15, -0.1) is 12.4 Å². The van der Waals surface area contributed by atoms with Crippen LogP contribution < -0.4 is 15.2 Å². The molecule has 29 heavy (non-hydrogen) atoms. The number of hydrogen-bond acceptors (Lipinski definition) is 4. The highest BCUT2D eigenvalue weighted by Gasteiger charge is 2.20. The van der Waals surface area contributed by atoms with Crippen LogP contribution in [-0.4, -0.2) is 37.7 Å². The monoisotopic (exact) mass is 422 g/mol. The summed E-state index contributed by atoms with van der Waals surface area (Å²) in [6.07, 6.45) is 2.31. The molecule has 1 fully saturated rings. The third-order valence-corrected chi connectivity index (χ3v) is 5.31. The van der Waals surface area contributed by atoms with Crippen LogP contribution in [0.5, 0.6) is 11.5 Å². The molecular formula is C23H32ClFN2O2. The lowest BCUT2D eigenvalue weighted by Gasteiger charge is -2.31. The first kappa shape index (κ1) is 23.5. The quantitative estimate of drug-likeness (QED) is 0.658. The molecular weight excluding hydrogens is 391 g/mol. The van der Waals surface area contributed by atoms with E-state index in [1.807, 2.05) is 13.8 Å². The number of rotatable bonds is 8. The van der Waals surface area contributed by atoms with Crippen molar-refractivity contribution < 1.29 is 13.9 Å². The predicted molar refractivity (Wildman–Crippen MR) is 118 cm³/mol. The normalized spacial score (nSPS) is 15.0. The summed E-state index contributed by atoms with van der Waals surface area (Å²) in [4.78, 5) is 2.46. The summed E-state index contributed by atoms with van der Waals surface area (Å²) in [6, 6.07) is 10.7. The molecule has 0 atom stereocenters. The third kappa shape index (κ3) is 6.08. The van der Waals surface area contributed by atoms with E-state index in [0.29, 0.717) is 19.1 Å². The van der Waals surface area contributed by atoms with E-state index in [9.17, 15) is 4.39 Å². The minimum atomic E-state index is -0.253. The van der Waals surface area contributed by atoms with Crippen molar-refractivity contribution in [3.63, 3.8) is 0 Å². The fourth-order valence-corrected chi connectivity index (χ4v) is 3.81. The van der Waals surface area contributed by atoms with Crippen molar-refractivity contribution in [3.8, 4) is 22.6 Å². The Bertz CT molecular complexity index is 735. The number of likely N-dealkylation sites (tertiary alicyclic amines) is 1. The van der Waals surface area contributed by atoms with Crippen LogP contribution in [0.3, 0.4) is 0 Å². The smallest absolute Gasteiger partial charge is 0.131 e. The molecule has 6 heteroatoms. The first-order chi connectivity index (χ1) is 13.6. The van der Waals surface area contributed by atoms with Gasteiger partial charge in [0, 0.05) is 6.54 Å². The Morgan fingerprint density at radius 1 is 1.00 bits per heavy atom. The van der Waals surface area contributed by atoms with E-state index < -0.39 is 0 Å². The summed E-state index contributed by atoms with van der Waals surface area (Å²) in [7, 11) is 0. The minimum Gasteiger partial charge on any atom is -0.493 e. The van der Waals surface area contributed by atoms with Crippen molar-refractivity contribution in [2.45, 2.75) is 33.2 Å². The van der Waals surface area contributed by atoms with Crippen LogP contribution in [0.4, 0.5) is 4.39 Å². The summed E-state index contributed by atoms with van der Waals surface area (Å²) in [5.74, 6) is 1.96. The van der Waals surface area contributed by atoms with Crippen LogP contribution in [0.2, 0.25) is 0 Å². The molecule has 0 spiro atoms. The van der Waals surface area contributed by atoms with E-state index in [2.05, 4.69) is 17.0 Å². The van der Waals surface area contributed by atoms with Crippen LogP contribution >= 0.6 is 12.4 Å². The highest BCUT2D eigenvalue weighted by Crippen LogP contribution is 2.40. The van der Waals surface area contributed by atoms with Crippen LogP contribution in [0.15, 0.2) is 36.4 Å². The number of benzene rings is 2. The number of nitrogens with zero attached hydrogens (tertiary/aromatic N) is 1. The van der Waals surface area contributed by atoms with Gasteiger partial charge in [0.2, 0.25) is 0 Å². The Morgan fingerprint density at radius 3 is 2.03 bits per heavy atom. The van der Waals surface area contributed by atoms with Crippen LogP contribution in [-0.2, 0) is 6.54 Å². The Hall–Kier alpha value is -1.82. The highest BCUT2D eigenvalue weighted by atomic mass is 35.5. The van der Waals surface area contributed by atoms with Crippen molar-refractivity contribution in [1.82, 2.24) is 4.90 Å². The first-order valence-corrected chi connectivity index (χ1v) is 10.3. The molecule has 0 aliphatic carbocycles. The molecule has 3 rings (SSSR count). The molecule has 1 aliphatic heterocycles. The van der Waals surface area contributed by atoms with Gasteiger partial charge in [-0.1, -0.05) is 12.1 Å². The molecule has 0 saturated carbocycles. The van der Waals surface area contributed by atoms with Gasteiger partial charge in [0.1, 0.15) is 17.3 Å². The molecule has 1 heterocycles. The fraction of sp³-hybridized carbons (Fsp3) is 0.478. The molecule has 0 aromatic heterocycles. The molecule has 2 aromatic carbocycles. The highest BCUT2D eigenvalue weighted by molar-refractivity contribution is 5.85. The maximum atomic E-state index is 13.4. The third-order valence-electron chi connectivity index (χ3n) is 5.31. The van der Waals surface area contributed by atoms with Gasteiger partial charge in [-0.25, -0.2) is 4.39 Å². The predicted octanol–water partition coefficient (Wildman–Crippen LogP) is 4.88. The zero-order chi connectivity index (χ0) is 19.9. The second kappa shape index (κ2) is 11.4. The molecule has 0 unspecified atom stereocenters. The minimum absolute atomic E-state index is 0. The molecule has 2 aromatic rings. The second-order valence-corrected chi connectivity index (χ2v) is 7.30. The maximum absolute atomic E-state index is 13.4. The Kier molecular flexibility index (Phi) is 9.21. The van der Waals surface area contributed by atoms with E-state index >= 15 is 0 Å². The van der Waals surface area contributed by atoms with E-state index in [0.717, 1.165) is 61.6 Å². The van der Waals surface area contributed by atoms with Crippen molar-refractivity contribution >= 4 is 12.4 Å². The maximum Gasteiger partial charge on any atom is 0.131 e. The van der Waals surface area contributed by atoms with E-state index in [1.54, 1.807) is 12.1 Å². The molecule has 0 amide bonds. The second-order valence-electron chi connectivity index (χ2n) is 7.30. The molecule has 160 valence electrons. The van der Waals surface area contributed by atoms with Gasteiger partial charge in [0.15, 0.2) is 0 Å². The SMILES string of the molecule is CCOc1cc(CN2CCC(CN)CC2)cc(OCC)c1-c1ccc(F)cc1.Cl. The number of ether oxygens (including phenoxy) is 2. The summed E-state index contributed by atoms with van der Waals surface area (Å²) in [5.41, 5.74) is 8.76. The van der Waals surface area contributed by atoms with Crippen LogP contribution in [0.25, 0.3) is 11.1 Å². The molecule has 1 saturated heterocycles. The topological polar surface area (TPSA) is 47.7 Å². The van der Waals surface area contributed by atoms with Crippen molar-refractivity contribution in [2.24, 2.45) is 11.7 Å². The number of nitrogens with two attached hydrogens (primary N) is 1. The van der Waals surface area contributed by atoms with Gasteiger partial charge >= 0.3 is 0 Å². The molecule has 0 radical (unpaired) electrons. The van der Waals surface area contributed by atoms with Gasteiger partial charge in [-0.2, -0.15) is 0 Å². The first-order valence-electron chi connectivity index (χ1n) is 10.3. The summed E-state index contributed by atoms with van der Waals surface area (Å²) < 4.78 is 25.3. The average Bonchev–Trinajstić information content (AvgIpc) is 2.70. The van der Waals surface area contributed by atoms with Gasteiger partial charge < -0.3 is 15.2 Å². The molecule has 1 aliphatic rings. The molecule has 2 N–H and O–H groups in total.